The van der Waals surface area contributed by atoms with Gasteiger partial charge in [0.05, 0.1) is 0 Å². The number of hydrogen-bond acceptors (Lipinski definition) is 2. The lowest BCUT2D eigenvalue weighted by atomic mass is 10.1. The van der Waals surface area contributed by atoms with Gasteiger partial charge in [0.2, 0.25) is 0 Å². The van der Waals surface area contributed by atoms with E-state index in [0.29, 0.717) is 12.1 Å². The summed E-state index contributed by atoms with van der Waals surface area (Å²) in [6.45, 7) is 7.52. The molecule has 0 bridgehead atoms. The zero-order chi connectivity index (χ0) is 14.7. The number of hydrogen-bond donors (Lipinski definition) is 1. The number of rotatable bonds is 5. The highest BCUT2D eigenvalue weighted by atomic mass is 15.2. The first-order chi connectivity index (χ1) is 10.2. The van der Waals surface area contributed by atoms with Crippen molar-refractivity contribution in [3.63, 3.8) is 0 Å². The van der Waals surface area contributed by atoms with Crippen molar-refractivity contribution in [3.05, 3.63) is 71.3 Å². The summed E-state index contributed by atoms with van der Waals surface area (Å²) in [6.07, 6.45) is 0. The van der Waals surface area contributed by atoms with Crippen LogP contribution in [-0.2, 0) is 13.1 Å². The summed E-state index contributed by atoms with van der Waals surface area (Å²) in [5.41, 5.74) is 4.35. The molecule has 0 radical (unpaired) electrons. The molecular formula is C19H24N2. The number of fused-ring (bicyclic) bond motifs is 1. The Kier molecular flexibility index (Phi) is 4.37. The molecule has 1 N–H and O–H groups in total. The second kappa shape index (κ2) is 6.42. The summed E-state index contributed by atoms with van der Waals surface area (Å²) in [6, 6.07) is 20.6. The smallest absolute Gasteiger partial charge is 0.0479 e. The second-order valence-electron chi connectivity index (χ2n) is 6.16. The van der Waals surface area contributed by atoms with Gasteiger partial charge in [0.25, 0.3) is 0 Å². The van der Waals surface area contributed by atoms with Crippen LogP contribution >= 0.6 is 0 Å². The van der Waals surface area contributed by atoms with Crippen LogP contribution < -0.4 is 5.32 Å². The van der Waals surface area contributed by atoms with E-state index < -0.39 is 0 Å². The van der Waals surface area contributed by atoms with Gasteiger partial charge < -0.3 is 5.32 Å². The summed E-state index contributed by atoms with van der Waals surface area (Å²) in [5.74, 6) is 0. The van der Waals surface area contributed by atoms with Crippen molar-refractivity contribution in [2.45, 2.75) is 39.0 Å². The van der Waals surface area contributed by atoms with Gasteiger partial charge in [-0.05, 0) is 16.7 Å². The molecule has 110 valence electrons. The summed E-state index contributed by atoms with van der Waals surface area (Å²) < 4.78 is 0. The van der Waals surface area contributed by atoms with Gasteiger partial charge in [-0.3, -0.25) is 4.90 Å². The molecule has 1 unspecified atom stereocenters. The van der Waals surface area contributed by atoms with E-state index in [4.69, 9.17) is 0 Å². The predicted octanol–water partition coefficient (Wildman–Crippen LogP) is 3.74. The van der Waals surface area contributed by atoms with Crippen molar-refractivity contribution in [3.8, 4) is 0 Å². The van der Waals surface area contributed by atoms with Gasteiger partial charge in [0.15, 0.2) is 0 Å². The van der Waals surface area contributed by atoms with Gasteiger partial charge in [0, 0.05) is 31.7 Å². The highest BCUT2D eigenvalue weighted by molar-refractivity contribution is 5.31. The number of nitrogens with one attached hydrogen (secondary N) is 1. The predicted molar refractivity (Wildman–Crippen MR) is 88.0 cm³/mol. The first kappa shape index (κ1) is 14.3. The average molecular weight is 280 g/mol. The Morgan fingerprint density at radius 1 is 0.905 bits per heavy atom. The van der Waals surface area contributed by atoms with Crippen molar-refractivity contribution in [2.75, 3.05) is 6.54 Å². The number of benzene rings is 2. The van der Waals surface area contributed by atoms with Crippen molar-refractivity contribution < 1.29 is 0 Å². The van der Waals surface area contributed by atoms with Gasteiger partial charge in [0.1, 0.15) is 0 Å². The monoisotopic (exact) mass is 280 g/mol. The minimum atomic E-state index is 0.431. The van der Waals surface area contributed by atoms with Crippen LogP contribution in [0.25, 0.3) is 0 Å². The highest BCUT2D eigenvalue weighted by Crippen LogP contribution is 2.30. The second-order valence-corrected chi connectivity index (χ2v) is 6.16. The third-order valence-corrected chi connectivity index (χ3v) is 4.21. The topological polar surface area (TPSA) is 15.3 Å². The molecule has 0 saturated carbocycles. The van der Waals surface area contributed by atoms with E-state index in [2.05, 4.69) is 78.7 Å². The molecule has 2 aromatic carbocycles. The zero-order valence-electron chi connectivity index (χ0n) is 12.9. The van der Waals surface area contributed by atoms with Gasteiger partial charge >= 0.3 is 0 Å². The Hall–Kier alpha value is -1.64. The van der Waals surface area contributed by atoms with E-state index in [1.165, 1.54) is 16.7 Å². The maximum absolute atomic E-state index is 3.61. The van der Waals surface area contributed by atoms with Crippen LogP contribution in [0, 0.1) is 0 Å². The quantitative estimate of drug-likeness (QED) is 0.897. The Labute approximate surface area is 127 Å². The normalized spacial score (nSPS) is 16.1. The molecule has 2 heteroatoms. The Morgan fingerprint density at radius 3 is 2.05 bits per heavy atom. The lowest BCUT2D eigenvalue weighted by Gasteiger charge is -2.29. The maximum atomic E-state index is 3.61. The fourth-order valence-corrected chi connectivity index (χ4v) is 3.06. The Bertz CT molecular complexity index is 552. The summed E-state index contributed by atoms with van der Waals surface area (Å²) in [7, 11) is 0. The van der Waals surface area contributed by atoms with E-state index in [9.17, 15) is 0 Å². The van der Waals surface area contributed by atoms with Gasteiger partial charge in [-0.15, -0.1) is 0 Å². The minimum Gasteiger partial charge on any atom is -0.313 e. The van der Waals surface area contributed by atoms with Crippen LogP contribution in [0.2, 0.25) is 0 Å². The van der Waals surface area contributed by atoms with Gasteiger partial charge in [-0.2, -0.15) is 0 Å². The summed E-state index contributed by atoms with van der Waals surface area (Å²) >= 11 is 0. The standard InChI is InChI=1S/C19H24N2/c1-15(2)20-12-19(16-8-4-3-5-9-16)21-13-17-10-6-7-11-18(17)14-21/h3-11,15,19-20H,12-14H2,1-2H3. The van der Waals surface area contributed by atoms with E-state index in [0.717, 1.165) is 19.6 Å². The molecule has 0 aromatic heterocycles. The minimum absolute atomic E-state index is 0.431. The lowest BCUT2D eigenvalue weighted by molar-refractivity contribution is 0.192. The molecule has 2 nitrogen and oxygen atoms in total. The van der Waals surface area contributed by atoms with Crippen LogP contribution in [0.4, 0.5) is 0 Å². The fraction of sp³-hybridized carbons (Fsp3) is 0.368. The van der Waals surface area contributed by atoms with E-state index in [-0.39, 0.29) is 0 Å². The average Bonchev–Trinajstić information content (AvgIpc) is 2.92. The third-order valence-electron chi connectivity index (χ3n) is 4.21. The van der Waals surface area contributed by atoms with Crippen LogP contribution in [0.1, 0.15) is 36.6 Å². The first-order valence-electron chi connectivity index (χ1n) is 7.83. The summed E-state index contributed by atoms with van der Waals surface area (Å²) in [5, 5.41) is 3.61. The highest BCUT2D eigenvalue weighted by Gasteiger charge is 2.26. The van der Waals surface area contributed by atoms with E-state index in [1.807, 2.05) is 0 Å². The maximum Gasteiger partial charge on any atom is 0.0479 e. The van der Waals surface area contributed by atoms with Crippen molar-refractivity contribution in [2.24, 2.45) is 0 Å². The molecule has 2 aromatic rings. The molecule has 0 amide bonds. The van der Waals surface area contributed by atoms with Crippen molar-refractivity contribution in [1.29, 1.82) is 0 Å². The van der Waals surface area contributed by atoms with E-state index >= 15 is 0 Å². The molecular weight excluding hydrogens is 256 g/mol. The molecule has 1 aliphatic rings. The SMILES string of the molecule is CC(C)NCC(c1ccccc1)N1Cc2ccccc2C1. The van der Waals surface area contributed by atoms with Crippen LogP contribution in [-0.4, -0.2) is 17.5 Å². The van der Waals surface area contributed by atoms with Crippen molar-refractivity contribution >= 4 is 0 Å². The molecule has 1 atom stereocenters. The fourth-order valence-electron chi connectivity index (χ4n) is 3.06. The summed E-state index contributed by atoms with van der Waals surface area (Å²) in [4.78, 5) is 2.58. The van der Waals surface area contributed by atoms with Crippen molar-refractivity contribution in [1.82, 2.24) is 10.2 Å². The molecule has 21 heavy (non-hydrogen) atoms. The zero-order valence-corrected chi connectivity index (χ0v) is 12.9. The third kappa shape index (κ3) is 3.34. The molecule has 3 rings (SSSR count). The largest absolute Gasteiger partial charge is 0.313 e. The van der Waals surface area contributed by atoms with Gasteiger partial charge in [-0.25, -0.2) is 0 Å². The lowest BCUT2D eigenvalue weighted by Crippen LogP contribution is -2.35. The Balaban J connectivity index is 1.80. The first-order valence-corrected chi connectivity index (χ1v) is 7.83. The van der Waals surface area contributed by atoms with Gasteiger partial charge in [-0.1, -0.05) is 68.4 Å². The van der Waals surface area contributed by atoms with Crippen LogP contribution in [0.3, 0.4) is 0 Å². The number of nitrogens with zero attached hydrogens (tertiary/aromatic N) is 1. The molecule has 1 heterocycles. The molecule has 0 saturated heterocycles. The molecule has 0 spiro atoms. The van der Waals surface area contributed by atoms with E-state index in [1.54, 1.807) is 0 Å². The molecule has 0 fully saturated rings. The van der Waals surface area contributed by atoms with Crippen LogP contribution in [0.15, 0.2) is 54.6 Å². The molecule has 1 aliphatic heterocycles. The Morgan fingerprint density at radius 2 is 1.48 bits per heavy atom. The molecule has 0 aliphatic carbocycles. The van der Waals surface area contributed by atoms with Crippen LogP contribution in [0.5, 0.6) is 0 Å².